The fraction of sp³-hybridized carbons (Fsp3) is 0.550. The summed E-state index contributed by atoms with van der Waals surface area (Å²) in [6, 6.07) is 7.51. The Bertz CT molecular complexity index is 729. The minimum atomic E-state index is -0.107. The number of benzene rings is 1. The van der Waals surface area contributed by atoms with Crippen molar-refractivity contribution in [2.75, 3.05) is 39.0 Å². The predicted octanol–water partition coefficient (Wildman–Crippen LogP) is 1.21. The molecule has 2 heterocycles. The van der Waals surface area contributed by atoms with Gasteiger partial charge in [0.25, 0.3) is 5.91 Å². The van der Waals surface area contributed by atoms with E-state index in [-0.39, 0.29) is 23.1 Å². The second-order valence-corrected chi connectivity index (χ2v) is 9.14. The Morgan fingerprint density at radius 3 is 2.75 bits per heavy atom. The second-order valence-electron chi connectivity index (χ2n) is 7.45. The SMILES string of the molecule is CN=C(NCc1ccc(C(=O)N2CCNC(=O)C2)cc1)NCC1(C)CCCS1. The topological polar surface area (TPSA) is 85.8 Å². The van der Waals surface area contributed by atoms with E-state index in [4.69, 9.17) is 0 Å². The van der Waals surface area contributed by atoms with Gasteiger partial charge in [0.2, 0.25) is 5.91 Å². The Hall–Kier alpha value is -2.22. The van der Waals surface area contributed by atoms with E-state index in [1.54, 1.807) is 11.9 Å². The number of nitrogens with one attached hydrogen (secondary N) is 3. The third kappa shape index (κ3) is 5.41. The number of piperazine rings is 1. The number of nitrogens with zero attached hydrogens (tertiary/aromatic N) is 2. The van der Waals surface area contributed by atoms with Crippen LogP contribution in [0.4, 0.5) is 0 Å². The number of thioether (sulfide) groups is 1. The number of hydrogen-bond donors (Lipinski definition) is 3. The fourth-order valence-corrected chi connectivity index (χ4v) is 4.66. The summed E-state index contributed by atoms with van der Waals surface area (Å²) >= 11 is 2.02. The van der Waals surface area contributed by atoms with E-state index in [1.807, 2.05) is 36.0 Å². The molecule has 2 amide bonds. The number of amides is 2. The van der Waals surface area contributed by atoms with Crippen LogP contribution in [0, 0.1) is 0 Å². The van der Waals surface area contributed by atoms with E-state index in [1.165, 1.54) is 18.6 Å². The standard InChI is InChI=1S/C20H29N5O2S/c1-20(8-3-11-28-20)14-24-19(21-2)23-12-15-4-6-16(7-5-15)18(27)25-10-9-22-17(26)13-25/h4-7H,3,8-14H2,1-2H3,(H,22,26)(H2,21,23,24). The Morgan fingerprint density at radius 1 is 1.32 bits per heavy atom. The zero-order chi connectivity index (χ0) is 20.0. The maximum atomic E-state index is 12.5. The molecule has 2 fully saturated rings. The molecule has 1 aromatic carbocycles. The molecule has 0 bridgehead atoms. The van der Waals surface area contributed by atoms with Gasteiger partial charge in [0, 0.05) is 43.5 Å². The number of hydrogen-bond acceptors (Lipinski definition) is 4. The van der Waals surface area contributed by atoms with Crippen molar-refractivity contribution in [3.63, 3.8) is 0 Å². The molecule has 0 spiro atoms. The van der Waals surface area contributed by atoms with Crippen LogP contribution in [0.1, 0.15) is 35.7 Å². The van der Waals surface area contributed by atoms with Crippen molar-refractivity contribution in [2.24, 2.45) is 4.99 Å². The number of guanidine groups is 1. The van der Waals surface area contributed by atoms with E-state index < -0.39 is 0 Å². The maximum absolute atomic E-state index is 12.5. The lowest BCUT2D eigenvalue weighted by Gasteiger charge is -2.26. The first-order chi connectivity index (χ1) is 13.5. The zero-order valence-electron chi connectivity index (χ0n) is 16.6. The predicted molar refractivity (Wildman–Crippen MR) is 114 cm³/mol. The summed E-state index contributed by atoms with van der Waals surface area (Å²) in [5, 5.41) is 9.48. The van der Waals surface area contributed by atoms with Crippen LogP contribution < -0.4 is 16.0 Å². The Labute approximate surface area is 170 Å². The van der Waals surface area contributed by atoms with Crippen molar-refractivity contribution in [1.29, 1.82) is 0 Å². The van der Waals surface area contributed by atoms with Crippen LogP contribution in [0.2, 0.25) is 0 Å². The van der Waals surface area contributed by atoms with E-state index in [0.717, 1.165) is 18.1 Å². The van der Waals surface area contributed by atoms with E-state index in [0.29, 0.717) is 25.2 Å². The molecule has 0 saturated carbocycles. The number of carbonyl (C=O) groups is 2. The quantitative estimate of drug-likeness (QED) is 0.508. The Kier molecular flexibility index (Phi) is 6.83. The van der Waals surface area contributed by atoms with Crippen molar-refractivity contribution in [3.8, 4) is 0 Å². The lowest BCUT2D eigenvalue weighted by molar-refractivity contribution is -0.123. The van der Waals surface area contributed by atoms with Gasteiger partial charge in [0.1, 0.15) is 0 Å². The molecule has 3 rings (SSSR count). The van der Waals surface area contributed by atoms with Gasteiger partial charge in [-0.25, -0.2) is 0 Å². The molecule has 7 nitrogen and oxygen atoms in total. The third-order valence-corrected chi connectivity index (χ3v) is 6.68. The highest BCUT2D eigenvalue weighted by Crippen LogP contribution is 2.36. The summed E-state index contributed by atoms with van der Waals surface area (Å²) in [5.41, 5.74) is 1.67. The molecule has 152 valence electrons. The molecule has 1 atom stereocenters. The van der Waals surface area contributed by atoms with Crippen molar-refractivity contribution < 1.29 is 9.59 Å². The van der Waals surface area contributed by atoms with E-state index in [2.05, 4.69) is 27.9 Å². The summed E-state index contributed by atoms with van der Waals surface area (Å²) in [7, 11) is 1.77. The van der Waals surface area contributed by atoms with Crippen molar-refractivity contribution in [3.05, 3.63) is 35.4 Å². The largest absolute Gasteiger partial charge is 0.355 e. The van der Waals surface area contributed by atoms with E-state index >= 15 is 0 Å². The molecule has 0 aliphatic carbocycles. The number of carbonyl (C=O) groups excluding carboxylic acids is 2. The molecule has 3 N–H and O–H groups in total. The van der Waals surface area contributed by atoms with Crippen LogP contribution in [-0.4, -0.2) is 66.4 Å². The van der Waals surface area contributed by atoms with Crippen LogP contribution in [0.25, 0.3) is 0 Å². The molecule has 0 radical (unpaired) electrons. The molecule has 2 saturated heterocycles. The summed E-state index contributed by atoms with van der Waals surface area (Å²) in [6.07, 6.45) is 2.51. The fourth-order valence-electron chi connectivity index (χ4n) is 3.41. The van der Waals surface area contributed by atoms with Gasteiger partial charge in [-0.15, -0.1) is 0 Å². The van der Waals surface area contributed by atoms with E-state index in [9.17, 15) is 9.59 Å². The summed E-state index contributed by atoms with van der Waals surface area (Å²) in [5.74, 6) is 1.81. The van der Waals surface area contributed by atoms with Crippen LogP contribution in [0.5, 0.6) is 0 Å². The molecule has 1 aromatic rings. The highest BCUT2D eigenvalue weighted by molar-refractivity contribution is 8.00. The molecule has 0 aromatic heterocycles. The molecular weight excluding hydrogens is 374 g/mol. The average molecular weight is 404 g/mol. The monoisotopic (exact) mass is 403 g/mol. The van der Waals surface area contributed by atoms with Crippen molar-refractivity contribution in [1.82, 2.24) is 20.9 Å². The van der Waals surface area contributed by atoms with Gasteiger partial charge >= 0.3 is 0 Å². The first-order valence-electron chi connectivity index (χ1n) is 9.72. The summed E-state index contributed by atoms with van der Waals surface area (Å²) < 4.78 is 0.283. The van der Waals surface area contributed by atoms with Gasteiger partial charge < -0.3 is 20.9 Å². The van der Waals surface area contributed by atoms with Crippen LogP contribution in [0.15, 0.2) is 29.3 Å². The van der Waals surface area contributed by atoms with Gasteiger partial charge in [-0.3, -0.25) is 14.6 Å². The van der Waals surface area contributed by atoms with Crippen molar-refractivity contribution in [2.45, 2.75) is 31.1 Å². The van der Waals surface area contributed by atoms with Gasteiger partial charge in [0.05, 0.1) is 6.54 Å². The van der Waals surface area contributed by atoms with Crippen molar-refractivity contribution >= 4 is 29.5 Å². The smallest absolute Gasteiger partial charge is 0.254 e. The van der Waals surface area contributed by atoms with Gasteiger partial charge in [-0.05, 0) is 43.2 Å². The van der Waals surface area contributed by atoms with Gasteiger partial charge in [-0.1, -0.05) is 12.1 Å². The normalized spacial score (nSPS) is 22.7. The average Bonchev–Trinajstić information content (AvgIpc) is 3.15. The lowest BCUT2D eigenvalue weighted by atomic mass is 10.1. The zero-order valence-corrected chi connectivity index (χ0v) is 17.4. The highest BCUT2D eigenvalue weighted by Gasteiger charge is 2.29. The maximum Gasteiger partial charge on any atom is 0.254 e. The second kappa shape index (κ2) is 9.32. The number of rotatable bonds is 5. The molecule has 2 aliphatic rings. The third-order valence-electron chi connectivity index (χ3n) is 5.14. The molecule has 8 heteroatoms. The molecule has 2 aliphatic heterocycles. The molecular formula is C20H29N5O2S. The Morgan fingerprint density at radius 2 is 2.11 bits per heavy atom. The summed E-state index contributed by atoms with van der Waals surface area (Å²) in [6.45, 7) is 5.01. The molecule has 28 heavy (non-hydrogen) atoms. The highest BCUT2D eigenvalue weighted by atomic mass is 32.2. The lowest BCUT2D eigenvalue weighted by Crippen LogP contribution is -2.49. The first-order valence-corrected chi connectivity index (χ1v) is 10.7. The Balaban J connectivity index is 1.49. The van der Waals surface area contributed by atoms with Gasteiger partial charge in [-0.2, -0.15) is 11.8 Å². The minimum Gasteiger partial charge on any atom is -0.355 e. The summed E-state index contributed by atoms with van der Waals surface area (Å²) in [4.78, 5) is 29.9. The number of aliphatic imine (C=N–C) groups is 1. The van der Waals surface area contributed by atoms with Crippen LogP contribution >= 0.6 is 11.8 Å². The molecule has 1 unspecified atom stereocenters. The first kappa shape index (κ1) is 20.5. The minimum absolute atomic E-state index is 0.103. The van der Waals surface area contributed by atoms with Gasteiger partial charge in [0.15, 0.2) is 5.96 Å². The van der Waals surface area contributed by atoms with Crippen LogP contribution in [-0.2, 0) is 11.3 Å². The van der Waals surface area contributed by atoms with Crippen LogP contribution in [0.3, 0.4) is 0 Å².